The highest BCUT2D eigenvalue weighted by Gasteiger charge is 1.98. The molecule has 0 spiro atoms. The second kappa shape index (κ2) is 7.19. The van der Waals surface area contributed by atoms with Crippen molar-refractivity contribution in [2.24, 2.45) is 0 Å². The summed E-state index contributed by atoms with van der Waals surface area (Å²) in [7, 11) is 0. The van der Waals surface area contributed by atoms with E-state index in [1.165, 1.54) is 5.39 Å². The van der Waals surface area contributed by atoms with Gasteiger partial charge in [0.2, 0.25) is 0 Å². The zero-order chi connectivity index (χ0) is 14.2. The minimum Gasteiger partial charge on any atom is -0.294 e. The molecular weight excluding hydrogens is 246 g/mol. The van der Waals surface area contributed by atoms with Crippen molar-refractivity contribution in [2.75, 3.05) is 0 Å². The van der Waals surface area contributed by atoms with Crippen LogP contribution in [0.15, 0.2) is 72.9 Å². The van der Waals surface area contributed by atoms with E-state index < -0.39 is 0 Å². The Morgan fingerprint density at radius 1 is 0.900 bits per heavy atom. The van der Waals surface area contributed by atoms with E-state index in [-0.39, 0.29) is 5.78 Å². The first kappa shape index (κ1) is 13.9. The number of nitrogens with zero attached hydrogens (tertiary/aromatic N) is 1. The zero-order valence-electron chi connectivity index (χ0n) is 11.5. The van der Waals surface area contributed by atoms with Gasteiger partial charge in [0.15, 0.2) is 5.78 Å². The Balaban J connectivity index is 0.000000147. The first-order chi connectivity index (χ1) is 9.81. The number of aromatic nitrogens is 1. The van der Waals surface area contributed by atoms with Crippen molar-refractivity contribution in [3.63, 3.8) is 0 Å². The van der Waals surface area contributed by atoms with E-state index in [9.17, 15) is 4.79 Å². The van der Waals surface area contributed by atoms with Crippen LogP contribution < -0.4 is 0 Å². The first-order valence-electron chi connectivity index (χ1n) is 6.69. The fourth-order valence-electron chi connectivity index (χ4n) is 1.84. The van der Waals surface area contributed by atoms with Crippen LogP contribution in [0.5, 0.6) is 0 Å². The Labute approximate surface area is 119 Å². The number of carbonyl (C=O) groups is 1. The van der Waals surface area contributed by atoms with Crippen molar-refractivity contribution in [1.82, 2.24) is 4.98 Å². The highest BCUT2D eigenvalue weighted by atomic mass is 16.1. The highest BCUT2D eigenvalue weighted by Crippen LogP contribution is 2.07. The summed E-state index contributed by atoms with van der Waals surface area (Å²) in [5, 5.41) is 1.20. The molecular formula is C18H17NO. The molecule has 0 aliphatic rings. The van der Waals surface area contributed by atoms with E-state index in [0.717, 1.165) is 11.1 Å². The van der Waals surface area contributed by atoms with Gasteiger partial charge < -0.3 is 0 Å². The number of benzene rings is 2. The van der Waals surface area contributed by atoms with Crippen LogP contribution in [0.1, 0.15) is 23.7 Å². The standard InChI is InChI=1S/C9H7N.C9H10O/c1-2-6-9-8(4-1)5-3-7-10-9;1-2-9(10)8-6-4-3-5-7-8/h1-7H;3-7H,2H2,1H3. The minimum atomic E-state index is 0.209. The van der Waals surface area contributed by atoms with Crippen molar-refractivity contribution in [3.8, 4) is 0 Å². The van der Waals surface area contributed by atoms with Crippen LogP contribution in [0.3, 0.4) is 0 Å². The van der Waals surface area contributed by atoms with Crippen LogP contribution in [0.25, 0.3) is 10.9 Å². The number of fused-ring (bicyclic) bond motifs is 1. The summed E-state index contributed by atoms with van der Waals surface area (Å²) in [6.07, 6.45) is 2.40. The number of carbonyl (C=O) groups excluding carboxylic acids is 1. The van der Waals surface area contributed by atoms with Gasteiger partial charge >= 0.3 is 0 Å². The number of hydrogen-bond acceptors (Lipinski definition) is 2. The molecule has 3 rings (SSSR count). The lowest BCUT2D eigenvalue weighted by molar-refractivity contribution is 0.0988. The van der Waals surface area contributed by atoms with Gasteiger partial charge in [-0.25, -0.2) is 0 Å². The largest absolute Gasteiger partial charge is 0.294 e. The molecule has 0 aliphatic carbocycles. The number of pyridine rings is 1. The summed E-state index contributed by atoms with van der Waals surface area (Å²) in [4.78, 5) is 15.2. The lowest BCUT2D eigenvalue weighted by Crippen LogP contribution is -1.94. The molecule has 2 nitrogen and oxygen atoms in total. The second-order valence-corrected chi connectivity index (χ2v) is 4.34. The minimum absolute atomic E-state index is 0.209. The van der Waals surface area contributed by atoms with Gasteiger partial charge in [-0.2, -0.15) is 0 Å². The van der Waals surface area contributed by atoms with Crippen LogP contribution in [0.2, 0.25) is 0 Å². The van der Waals surface area contributed by atoms with E-state index in [0.29, 0.717) is 6.42 Å². The lowest BCUT2D eigenvalue weighted by atomic mass is 10.1. The molecule has 0 radical (unpaired) electrons. The molecule has 2 heteroatoms. The number of Topliss-reactive ketones (excluding diaryl/α,β-unsaturated/α-hetero) is 1. The van der Waals surface area contributed by atoms with Crippen molar-refractivity contribution in [3.05, 3.63) is 78.5 Å². The molecule has 0 amide bonds. The molecule has 2 aromatic carbocycles. The van der Waals surface area contributed by atoms with Gasteiger partial charge in [-0.15, -0.1) is 0 Å². The van der Waals surface area contributed by atoms with E-state index in [1.54, 1.807) is 0 Å². The smallest absolute Gasteiger partial charge is 0.162 e. The first-order valence-corrected chi connectivity index (χ1v) is 6.69. The van der Waals surface area contributed by atoms with E-state index >= 15 is 0 Å². The molecule has 1 heterocycles. The number of rotatable bonds is 2. The van der Waals surface area contributed by atoms with Gasteiger partial charge in [0.1, 0.15) is 0 Å². The molecule has 0 saturated heterocycles. The van der Waals surface area contributed by atoms with Gasteiger partial charge in [0, 0.05) is 23.6 Å². The molecule has 1 aromatic heterocycles. The summed E-state index contributed by atoms with van der Waals surface area (Å²) in [5.74, 6) is 0.209. The maximum atomic E-state index is 11.0. The normalized spacial score (nSPS) is 9.65. The van der Waals surface area contributed by atoms with Crippen LogP contribution in [0, 0.1) is 0 Å². The van der Waals surface area contributed by atoms with E-state index in [1.807, 2.05) is 67.7 Å². The Kier molecular flexibility index (Phi) is 5.01. The van der Waals surface area contributed by atoms with E-state index in [2.05, 4.69) is 17.1 Å². The topological polar surface area (TPSA) is 30.0 Å². The summed E-state index contributed by atoms with van der Waals surface area (Å²) < 4.78 is 0. The molecule has 0 aliphatic heterocycles. The van der Waals surface area contributed by atoms with Gasteiger partial charge in [0.25, 0.3) is 0 Å². The molecule has 0 bridgehead atoms. The van der Waals surface area contributed by atoms with Crippen LogP contribution in [-0.2, 0) is 0 Å². The van der Waals surface area contributed by atoms with Crippen LogP contribution >= 0.6 is 0 Å². The summed E-state index contributed by atoms with van der Waals surface area (Å²) in [5.41, 5.74) is 1.87. The second-order valence-electron chi connectivity index (χ2n) is 4.34. The molecule has 0 fully saturated rings. The van der Waals surface area contributed by atoms with Crippen molar-refractivity contribution >= 4 is 16.7 Å². The van der Waals surface area contributed by atoms with E-state index in [4.69, 9.17) is 0 Å². The quantitative estimate of drug-likeness (QED) is 0.636. The predicted molar refractivity (Wildman–Crippen MR) is 82.8 cm³/mol. The average Bonchev–Trinajstić information content (AvgIpc) is 2.55. The monoisotopic (exact) mass is 263 g/mol. The highest BCUT2D eigenvalue weighted by molar-refractivity contribution is 5.95. The van der Waals surface area contributed by atoms with Crippen LogP contribution in [0.4, 0.5) is 0 Å². The molecule has 100 valence electrons. The Bertz CT molecular complexity index is 612. The van der Waals surface area contributed by atoms with Gasteiger partial charge in [0.05, 0.1) is 5.52 Å². The van der Waals surface area contributed by atoms with Crippen molar-refractivity contribution in [2.45, 2.75) is 13.3 Å². The third kappa shape index (κ3) is 3.75. The Hall–Kier alpha value is -2.48. The summed E-state index contributed by atoms with van der Waals surface area (Å²) >= 11 is 0. The van der Waals surface area contributed by atoms with Crippen LogP contribution in [-0.4, -0.2) is 10.8 Å². The van der Waals surface area contributed by atoms with Crippen molar-refractivity contribution in [1.29, 1.82) is 0 Å². The molecule has 0 atom stereocenters. The third-order valence-corrected chi connectivity index (χ3v) is 2.93. The Morgan fingerprint density at radius 2 is 1.55 bits per heavy atom. The number of para-hydroxylation sites is 1. The summed E-state index contributed by atoms with van der Waals surface area (Å²) in [6, 6.07) is 21.4. The number of ketones is 1. The fourth-order valence-corrected chi connectivity index (χ4v) is 1.84. The van der Waals surface area contributed by atoms with Gasteiger partial charge in [-0.1, -0.05) is 61.5 Å². The van der Waals surface area contributed by atoms with Gasteiger partial charge in [-0.3, -0.25) is 9.78 Å². The zero-order valence-corrected chi connectivity index (χ0v) is 11.5. The average molecular weight is 263 g/mol. The molecule has 20 heavy (non-hydrogen) atoms. The number of hydrogen-bond donors (Lipinski definition) is 0. The maximum absolute atomic E-state index is 11.0. The lowest BCUT2D eigenvalue weighted by Gasteiger charge is -1.93. The molecule has 0 unspecified atom stereocenters. The summed E-state index contributed by atoms with van der Waals surface area (Å²) in [6.45, 7) is 1.87. The van der Waals surface area contributed by atoms with Crippen molar-refractivity contribution < 1.29 is 4.79 Å². The maximum Gasteiger partial charge on any atom is 0.162 e. The third-order valence-electron chi connectivity index (χ3n) is 2.93. The Morgan fingerprint density at radius 3 is 2.25 bits per heavy atom. The SMILES string of the molecule is CCC(=O)c1ccccc1.c1ccc2ncccc2c1. The predicted octanol–water partition coefficient (Wildman–Crippen LogP) is 4.51. The molecule has 3 aromatic rings. The molecule has 0 saturated carbocycles. The fraction of sp³-hybridized carbons (Fsp3) is 0.111. The van der Waals surface area contributed by atoms with Gasteiger partial charge in [-0.05, 0) is 12.1 Å². The molecule has 0 N–H and O–H groups in total.